The van der Waals surface area contributed by atoms with Gasteiger partial charge in [-0.1, -0.05) is 146 Å². The number of pyridine rings is 4. The Morgan fingerprint density at radius 3 is 0.540 bits per heavy atom. The van der Waals surface area contributed by atoms with Crippen molar-refractivity contribution >= 4 is 0 Å². The van der Waals surface area contributed by atoms with E-state index in [0.717, 1.165) is 45.0 Å². The Hall–Kier alpha value is -5.22. The fourth-order valence-electron chi connectivity index (χ4n) is 4.57. The van der Waals surface area contributed by atoms with E-state index in [1.807, 2.05) is 170 Å². The smallest absolute Gasteiger partial charge is 0.256 e. The molecule has 8 aromatic rings. The van der Waals surface area contributed by atoms with Crippen molar-refractivity contribution in [3.05, 3.63) is 219 Å². The van der Waals surface area contributed by atoms with Gasteiger partial charge in [0.2, 0.25) is 0 Å². The predicted octanol–water partition coefficient (Wildman–Crippen LogP) is 11.0. The van der Waals surface area contributed by atoms with Crippen molar-refractivity contribution in [1.82, 2.24) is 19.9 Å². The quantitative estimate of drug-likeness (QED) is 0.176. The fourth-order valence-corrected chi connectivity index (χ4v) is 4.57. The zero-order valence-corrected chi connectivity index (χ0v) is 32.0. The zero-order valence-electron chi connectivity index (χ0n) is 27.2. The molecule has 0 aliphatic rings. The Bertz CT molecular complexity index is 1520. The van der Waals surface area contributed by atoms with E-state index < -0.39 is 0 Å². The van der Waals surface area contributed by atoms with Crippen LogP contribution in [0, 0.1) is 0 Å². The van der Waals surface area contributed by atoms with Gasteiger partial charge >= 0.3 is 40.2 Å². The van der Waals surface area contributed by atoms with E-state index in [4.69, 9.17) is 0 Å². The van der Waals surface area contributed by atoms with Crippen molar-refractivity contribution in [2.24, 2.45) is 0 Å². The number of rotatable bonds is 4. The summed E-state index contributed by atoms with van der Waals surface area (Å²) >= 11 is 0. The molecular weight excluding hydrogens is 969 g/mol. The maximum Gasteiger partial charge on any atom is 3.00 e. The molecule has 244 valence electrons. The van der Waals surface area contributed by atoms with Gasteiger partial charge in [0.25, 0.3) is 0 Å². The van der Waals surface area contributed by atoms with Gasteiger partial charge in [0.1, 0.15) is 0 Å². The summed E-state index contributed by atoms with van der Waals surface area (Å²) < 4.78 is 0. The maximum absolute atomic E-state index is 4.25. The molecular formula is C44H36Ir2N4+6. The van der Waals surface area contributed by atoms with Gasteiger partial charge in [-0.05, 0) is 48.5 Å². The first-order valence-electron chi connectivity index (χ1n) is 15.7. The Morgan fingerprint density at radius 1 is 0.200 bits per heavy atom. The molecule has 0 saturated heterocycles. The van der Waals surface area contributed by atoms with Crippen LogP contribution < -0.4 is 0 Å². The molecule has 0 amide bonds. The van der Waals surface area contributed by atoms with Crippen molar-refractivity contribution in [2.45, 2.75) is 0 Å². The molecule has 50 heavy (non-hydrogen) atoms. The van der Waals surface area contributed by atoms with Gasteiger partial charge in [-0.15, -0.1) is 0 Å². The number of hydrogen-bond acceptors (Lipinski definition) is 4. The number of nitrogens with zero attached hydrogens (tertiary/aromatic N) is 4. The average molecular weight is 1010 g/mol. The van der Waals surface area contributed by atoms with E-state index >= 15 is 0 Å². The third-order valence-corrected chi connectivity index (χ3v) is 6.94. The van der Waals surface area contributed by atoms with Crippen LogP contribution in [-0.4, -0.2) is 19.9 Å². The van der Waals surface area contributed by atoms with Crippen molar-refractivity contribution in [3.8, 4) is 45.0 Å². The molecule has 4 heterocycles. The zero-order chi connectivity index (χ0) is 32.9. The van der Waals surface area contributed by atoms with Gasteiger partial charge in [0.05, 0.1) is 22.8 Å². The Kier molecular flexibility index (Phi) is 18.2. The van der Waals surface area contributed by atoms with Crippen LogP contribution in [0.25, 0.3) is 45.0 Å². The van der Waals surface area contributed by atoms with E-state index in [-0.39, 0.29) is 40.2 Å². The molecule has 0 aliphatic carbocycles. The van der Waals surface area contributed by atoms with Gasteiger partial charge < -0.3 is 0 Å². The summed E-state index contributed by atoms with van der Waals surface area (Å²) in [4.78, 5) is 17.0. The Morgan fingerprint density at radius 2 is 0.380 bits per heavy atom. The van der Waals surface area contributed by atoms with Crippen LogP contribution in [0.1, 0.15) is 0 Å². The maximum atomic E-state index is 4.25. The number of hydrogen-bond donors (Lipinski definition) is 0. The minimum Gasteiger partial charge on any atom is -0.256 e. The minimum atomic E-state index is 0. The molecule has 0 unspecified atom stereocenters. The van der Waals surface area contributed by atoms with Crippen molar-refractivity contribution in [2.75, 3.05) is 0 Å². The first-order chi connectivity index (χ1) is 23.9. The summed E-state index contributed by atoms with van der Waals surface area (Å²) in [5.41, 5.74) is 8.76. The fraction of sp³-hybridized carbons (Fsp3) is 0. The predicted molar refractivity (Wildman–Crippen MR) is 199 cm³/mol. The summed E-state index contributed by atoms with van der Waals surface area (Å²) in [5.74, 6) is 0. The van der Waals surface area contributed by atoms with Crippen molar-refractivity contribution in [1.29, 1.82) is 0 Å². The summed E-state index contributed by atoms with van der Waals surface area (Å²) in [5, 5.41) is 0. The molecule has 0 spiro atoms. The minimum absolute atomic E-state index is 0. The van der Waals surface area contributed by atoms with Crippen molar-refractivity contribution < 1.29 is 40.2 Å². The topological polar surface area (TPSA) is 51.6 Å². The van der Waals surface area contributed by atoms with E-state index in [0.29, 0.717) is 0 Å². The van der Waals surface area contributed by atoms with Gasteiger partial charge in [-0.2, -0.15) is 0 Å². The molecule has 4 aromatic carbocycles. The second kappa shape index (κ2) is 23.2. The summed E-state index contributed by atoms with van der Waals surface area (Å²) in [6.07, 6.45) is 7.23. The molecule has 0 aliphatic heterocycles. The van der Waals surface area contributed by atoms with E-state index in [1.54, 1.807) is 0 Å². The molecule has 8 rings (SSSR count). The summed E-state index contributed by atoms with van der Waals surface area (Å²) in [6.45, 7) is 0. The number of benzene rings is 4. The average Bonchev–Trinajstić information content (AvgIpc) is 3.21. The van der Waals surface area contributed by atoms with Gasteiger partial charge in [-0.25, -0.2) is 0 Å². The van der Waals surface area contributed by atoms with Gasteiger partial charge in [-0.3, -0.25) is 19.9 Å². The van der Waals surface area contributed by atoms with E-state index in [9.17, 15) is 0 Å². The normalized spacial score (nSPS) is 9.28. The van der Waals surface area contributed by atoms with Crippen LogP contribution in [0.5, 0.6) is 0 Å². The van der Waals surface area contributed by atoms with Crippen LogP contribution in [0.3, 0.4) is 0 Å². The third-order valence-electron chi connectivity index (χ3n) is 6.94. The first-order valence-corrected chi connectivity index (χ1v) is 15.7. The molecule has 0 N–H and O–H groups in total. The molecule has 0 saturated carbocycles. The molecule has 0 fully saturated rings. The molecule has 4 aromatic heterocycles. The second-order valence-electron chi connectivity index (χ2n) is 10.3. The Balaban J connectivity index is 0.000000178. The van der Waals surface area contributed by atoms with Crippen LogP contribution in [0.4, 0.5) is 0 Å². The van der Waals surface area contributed by atoms with Crippen LogP contribution >= 0.6 is 0 Å². The van der Waals surface area contributed by atoms with E-state index in [1.165, 1.54) is 0 Å². The third kappa shape index (κ3) is 13.4. The van der Waals surface area contributed by atoms with E-state index in [2.05, 4.69) is 68.5 Å². The first kappa shape index (κ1) is 39.2. The van der Waals surface area contributed by atoms with Gasteiger partial charge in [0.15, 0.2) is 0 Å². The standard InChI is InChI=1S/4C11H9N.2Ir/c4*1-2-6-10(7-3-1)11-8-4-5-9-12-11;;/h4*1-9H;;/q;;;;2*+3. The van der Waals surface area contributed by atoms with Crippen LogP contribution in [0.2, 0.25) is 0 Å². The number of aromatic nitrogens is 4. The summed E-state index contributed by atoms with van der Waals surface area (Å²) in [6, 6.07) is 64.3. The SMILES string of the molecule is [Ir+3].[Ir+3].c1ccc(-c2ccccn2)cc1.c1ccc(-c2ccccn2)cc1.c1ccc(-c2ccccn2)cc1.c1ccc(-c2ccccn2)cc1. The molecule has 0 bridgehead atoms. The van der Waals surface area contributed by atoms with Crippen molar-refractivity contribution in [3.63, 3.8) is 0 Å². The monoisotopic (exact) mass is 1010 g/mol. The second-order valence-corrected chi connectivity index (χ2v) is 10.3. The van der Waals surface area contributed by atoms with Crippen LogP contribution in [0.15, 0.2) is 219 Å². The Labute approximate surface area is 322 Å². The van der Waals surface area contributed by atoms with Crippen LogP contribution in [-0.2, 0) is 40.2 Å². The van der Waals surface area contributed by atoms with Gasteiger partial charge in [0, 0.05) is 47.0 Å². The largest absolute Gasteiger partial charge is 3.00 e. The molecule has 6 heteroatoms. The summed E-state index contributed by atoms with van der Waals surface area (Å²) in [7, 11) is 0. The molecule has 0 atom stereocenters. The molecule has 4 nitrogen and oxygen atoms in total. The molecule has 0 radical (unpaired) electrons.